The lowest BCUT2D eigenvalue weighted by atomic mass is 10.1. The molecule has 0 heterocycles. The Kier molecular flexibility index (Phi) is 4.10. The lowest BCUT2D eigenvalue weighted by molar-refractivity contribution is 0.0697. The molecule has 20 heavy (non-hydrogen) atoms. The summed E-state index contributed by atoms with van der Waals surface area (Å²) in [4.78, 5) is 11.0. The molecule has 0 aromatic heterocycles. The predicted octanol–water partition coefficient (Wildman–Crippen LogP) is 3.16. The lowest BCUT2D eigenvalue weighted by Gasteiger charge is -2.11. The van der Waals surface area contributed by atoms with Crippen LogP contribution in [0.4, 0.5) is 5.69 Å². The fourth-order valence-corrected chi connectivity index (χ4v) is 1.74. The monoisotopic (exact) mass is 273 g/mol. The Morgan fingerprint density at radius 2 is 1.90 bits per heavy atom. The van der Waals surface area contributed by atoms with Crippen molar-refractivity contribution < 1.29 is 19.4 Å². The van der Waals surface area contributed by atoms with E-state index in [0.29, 0.717) is 23.9 Å². The highest BCUT2D eigenvalue weighted by atomic mass is 16.5. The minimum Gasteiger partial charge on any atom is -0.494 e. The number of aromatic carboxylic acids is 1. The van der Waals surface area contributed by atoms with Crippen molar-refractivity contribution >= 4 is 11.7 Å². The maximum atomic E-state index is 11.0. The molecule has 0 spiro atoms. The maximum absolute atomic E-state index is 11.0. The number of carbonyl (C=O) groups is 1. The smallest absolute Gasteiger partial charge is 0.337 e. The summed E-state index contributed by atoms with van der Waals surface area (Å²) in [7, 11) is 0. The van der Waals surface area contributed by atoms with E-state index in [2.05, 4.69) is 0 Å². The molecule has 0 atom stereocenters. The molecule has 0 aliphatic rings. The van der Waals surface area contributed by atoms with Crippen molar-refractivity contribution in [2.75, 3.05) is 12.3 Å². The van der Waals surface area contributed by atoms with Gasteiger partial charge in [-0.05, 0) is 31.2 Å². The number of carboxylic acid groups (broad SMARTS) is 1. The number of ether oxygens (including phenoxy) is 2. The zero-order valence-corrected chi connectivity index (χ0v) is 11.0. The zero-order chi connectivity index (χ0) is 14.5. The van der Waals surface area contributed by atoms with Gasteiger partial charge >= 0.3 is 5.97 Å². The van der Waals surface area contributed by atoms with E-state index in [4.69, 9.17) is 20.3 Å². The second-order valence-corrected chi connectivity index (χ2v) is 4.03. The Bertz CT molecular complexity index is 625. The Labute approximate surface area is 116 Å². The van der Waals surface area contributed by atoms with Crippen LogP contribution in [-0.2, 0) is 0 Å². The average Bonchev–Trinajstić information content (AvgIpc) is 2.42. The van der Waals surface area contributed by atoms with E-state index in [1.54, 1.807) is 30.3 Å². The molecule has 0 saturated heterocycles. The largest absolute Gasteiger partial charge is 0.494 e. The van der Waals surface area contributed by atoms with Gasteiger partial charge in [-0.25, -0.2) is 4.79 Å². The van der Waals surface area contributed by atoms with Crippen LogP contribution in [-0.4, -0.2) is 17.7 Å². The third kappa shape index (κ3) is 3.00. The molecule has 0 fully saturated rings. The van der Waals surface area contributed by atoms with E-state index in [1.807, 2.05) is 13.0 Å². The van der Waals surface area contributed by atoms with Crippen LogP contribution in [0.3, 0.4) is 0 Å². The molecule has 5 nitrogen and oxygen atoms in total. The molecule has 0 saturated carbocycles. The van der Waals surface area contributed by atoms with Crippen LogP contribution in [0, 0.1) is 0 Å². The van der Waals surface area contributed by atoms with E-state index >= 15 is 0 Å². The first-order valence-corrected chi connectivity index (χ1v) is 6.14. The highest BCUT2D eigenvalue weighted by molar-refractivity contribution is 5.95. The van der Waals surface area contributed by atoms with Crippen molar-refractivity contribution in [2.24, 2.45) is 0 Å². The van der Waals surface area contributed by atoms with Crippen molar-refractivity contribution in [1.82, 2.24) is 0 Å². The molecule has 2 aromatic carbocycles. The molecule has 0 aliphatic carbocycles. The standard InChI is InChI=1S/C15H15NO4/c1-2-19-10-5-3-6-11(9-10)20-13-8-4-7-12(14(13)16)15(17)18/h3-9H,2,16H2,1H3,(H,17,18). The molecule has 0 radical (unpaired) electrons. The molecular weight excluding hydrogens is 258 g/mol. The summed E-state index contributed by atoms with van der Waals surface area (Å²) in [5.41, 5.74) is 5.91. The average molecular weight is 273 g/mol. The summed E-state index contributed by atoms with van der Waals surface area (Å²) >= 11 is 0. The number of hydrogen-bond acceptors (Lipinski definition) is 4. The molecule has 5 heteroatoms. The van der Waals surface area contributed by atoms with Gasteiger partial charge in [0.2, 0.25) is 0 Å². The second kappa shape index (κ2) is 5.97. The first-order valence-electron chi connectivity index (χ1n) is 6.14. The third-order valence-electron chi connectivity index (χ3n) is 2.64. The quantitative estimate of drug-likeness (QED) is 0.818. The first-order chi connectivity index (χ1) is 9.61. The SMILES string of the molecule is CCOc1cccc(Oc2cccc(C(=O)O)c2N)c1. The van der Waals surface area contributed by atoms with Crippen LogP contribution in [0.2, 0.25) is 0 Å². The van der Waals surface area contributed by atoms with Crippen LogP contribution < -0.4 is 15.2 Å². The Balaban J connectivity index is 2.28. The number of rotatable bonds is 5. The van der Waals surface area contributed by atoms with E-state index in [0.717, 1.165) is 0 Å². The number of anilines is 1. The van der Waals surface area contributed by atoms with Crippen LogP contribution >= 0.6 is 0 Å². The van der Waals surface area contributed by atoms with Crippen molar-refractivity contribution in [3.63, 3.8) is 0 Å². The summed E-state index contributed by atoms with van der Waals surface area (Å²) in [6, 6.07) is 11.7. The molecule has 0 bridgehead atoms. The summed E-state index contributed by atoms with van der Waals surface area (Å²) in [5.74, 6) is 0.428. The Hall–Kier alpha value is -2.69. The molecule has 3 N–H and O–H groups in total. The van der Waals surface area contributed by atoms with Crippen LogP contribution in [0.15, 0.2) is 42.5 Å². The van der Waals surface area contributed by atoms with Gasteiger partial charge in [-0.1, -0.05) is 12.1 Å². The van der Waals surface area contributed by atoms with Crippen molar-refractivity contribution in [2.45, 2.75) is 6.92 Å². The fraction of sp³-hybridized carbons (Fsp3) is 0.133. The highest BCUT2D eigenvalue weighted by Gasteiger charge is 2.12. The molecule has 2 rings (SSSR count). The van der Waals surface area contributed by atoms with E-state index in [9.17, 15) is 4.79 Å². The molecule has 0 unspecified atom stereocenters. The van der Waals surface area contributed by atoms with Crippen molar-refractivity contribution in [3.8, 4) is 17.2 Å². The fourth-order valence-electron chi connectivity index (χ4n) is 1.74. The van der Waals surface area contributed by atoms with E-state index in [-0.39, 0.29) is 11.3 Å². The lowest BCUT2D eigenvalue weighted by Crippen LogP contribution is -2.03. The highest BCUT2D eigenvalue weighted by Crippen LogP contribution is 2.31. The summed E-state index contributed by atoms with van der Waals surface area (Å²) in [6.07, 6.45) is 0. The Morgan fingerprint density at radius 1 is 1.20 bits per heavy atom. The van der Waals surface area contributed by atoms with Gasteiger partial charge in [-0.15, -0.1) is 0 Å². The number of hydrogen-bond donors (Lipinski definition) is 2. The van der Waals surface area contributed by atoms with Crippen molar-refractivity contribution in [1.29, 1.82) is 0 Å². The third-order valence-corrected chi connectivity index (χ3v) is 2.64. The van der Waals surface area contributed by atoms with Gasteiger partial charge in [0.15, 0.2) is 5.75 Å². The van der Waals surface area contributed by atoms with Gasteiger partial charge in [0.1, 0.15) is 11.5 Å². The summed E-state index contributed by atoms with van der Waals surface area (Å²) in [5, 5.41) is 9.01. The van der Waals surface area contributed by atoms with Gasteiger partial charge in [-0.2, -0.15) is 0 Å². The van der Waals surface area contributed by atoms with Gasteiger partial charge in [0.25, 0.3) is 0 Å². The normalized spacial score (nSPS) is 10.1. The maximum Gasteiger partial charge on any atom is 0.337 e. The molecule has 0 aliphatic heterocycles. The number of nitrogen functional groups attached to an aromatic ring is 1. The number of carboxylic acids is 1. The van der Waals surface area contributed by atoms with Crippen LogP contribution in [0.1, 0.15) is 17.3 Å². The molecular formula is C15H15NO4. The van der Waals surface area contributed by atoms with Crippen LogP contribution in [0.5, 0.6) is 17.2 Å². The molecule has 0 amide bonds. The Morgan fingerprint density at radius 3 is 2.60 bits per heavy atom. The number of nitrogens with two attached hydrogens (primary N) is 1. The summed E-state index contributed by atoms with van der Waals surface area (Å²) in [6.45, 7) is 2.45. The van der Waals surface area contributed by atoms with Gasteiger partial charge < -0.3 is 20.3 Å². The van der Waals surface area contributed by atoms with Crippen LogP contribution in [0.25, 0.3) is 0 Å². The topological polar surface area (TPSA) is 81.8 Å². The second-order valence-electron chi connectivity index (χ2n) is 4.03. The predicted molar refractivity (Wildman–Crippen MR) is 75.5 cm³/mol. The van der Waals surface area contributed by atoms with E-state index < -0.39 is 5.97 Å². The minimum atomic E-state index is -1.09. The van der Waals surface area contributed by atoms with Gasteiger partial charge in [-0.3, -0.25) is 0 Å². The number of benzene rings is 2. The summed E-state index contributed by atoms with van der Waals surface area (Å²) < 4.78 is 11.0. The number of para-hydroxylation sites is 1. The zero-order valence-electron chi connectivity index (χ0n) is 11.0. The first kappa shape index (κ1) is 13.7. The molecule has 2 aromatic rings. The van der Waals surface area contributed by atoms with Gasteiger partial charge in [0, 0.05) is 6.07 Å². The minimum absolute atomic E-state index is 0.0171. The van der Waals surface area contributed by atoms with Crippen molar-refractivity contribution in [3.05, 3.63) is 48.0 Å². The van der Waals surface area contributed by atoms with Gasteiger partial charge in [0.05, 0.1) is 17.9 Å². The van der Waals surface area contributed by atoms with E-state index in [1.165, 1.54) is 6.07 Å². The molecule has 104 valence electrons.